The smallest absolute Gasteiger partial charge is 0.273 e. The molecule has 0 saturated carbocycles. The monoisotopic (exact) mass is 857 g/mol. The van der Waals surface area contributed by atoms with Gasteiger partial charge in [0.25, 0.3) is 15.0 Å². The van der Waals surface area contributed by atoms with E-state index in [2.05, 4.69) is 90.2 Å². The normalized spacial score (nSPS) is 17.8. The highest BCUT2D eigenvalue weighted by Gasteiger charge is 2.30. The Hall–Kier alpha value is -5.32. The maximum atomic E-state index is 13.7. The molecule has 0 fully saturated rings. The first-order chi connectivity index (χ1) is 29.7. The number of aromatic amines is 2. The number of ether oxygens (including phenoxy) is 1. The lowest BCUT2D eigenvalue weighted by molar-refractivity contribution is 0.209. The number of rotatable bonds is 15. The molecule has 0 saturated heterocycles. The number of pyridine rings is 1. The van der Waals surface area contributed by atoms with Gasteiger partial charge in [0.2, 0.25) is 11.0 Å². The number of aromatic nitrogens is 9. The van der Waals surface area contributed by atoms with Crippen LogP contribution in [-0.2, 0) is 61.2 Å². The number of nitrogens with zero attached hydrogens (tertiary/aromatic N) is 8. The minimum Gasteiger partial charge on any atom is -0.481 e. The molecule has 0 spiro atoms. The summed E-state index contributed by atoms with van der Waals surface area (Å²) in [4.78, 5) is 13.7. The molecule has 14 nitrogen and oxygen atoms in total. The molecule has 6 aromatic rings. The molecule has 2 aromatic carbocycles. The predicted octanol–water partition coefficient (Wildman–Crippen LogP) is 6.85. The molecule has 3 atom stereocenters. The third-order valence-electron chi connectivity index (χ3n) is 12.9. The van der Waals surface area contributed by atoms with E-state index in [9.17, 15) is 8.42 Å². The summed E-state index contributed by atoms with van der Waals surface area (Å²) in [6.07, 6.45) is 20.7. The summed E-state index contributed by atoms with van der Waals surface area (Å²) in [5, 5.41) is 21.9. The fraction of sp³-hybridized carbons (Fsp3) is 0.422. The predicted molar refractivity (Wildman–Crippen MR) is 232 cm³/mol. The molecule has 3 N–H and O–H groups in total. The number of nitrogens with one attached hydrogen (secondary N) is 3. The van der Waals surface area contributed by atoms with E-state index in [4.69, 9.17) is 9.72 Å². The Labute approximate surface area is 360 Å². The average molecular weight is 858 g/mol. The molecule has 3 unspecified atom stereocenters. The second-order valence-electron chi connectivity index (χ2n) is 16.8. The van der Waals surface area contributed by atoms with E-state index in [0.29, 0.717) is 29.7 Å². The summed E-state index contributed by atoms with van der Waals surface area (Å²) in [5.41, 5.74) is 17.0. The number of hydrogen-bond acceptors (Lipinski definition) is 12. The van der Waals surface area contributed by atoms with Gasteiger partial charge in [-0.1, -0.05) is 30.0 Å². The van der Waals surface area contributed by atoms with Crippen molar-refractivity contribution in [1.82, 2.24) is 55.6 Å². The van der Waals surface area contributed by atoms with E-state index >= 15 is 0 Å². The number of sulfone groups is 1. The third kappa shape index (κ3) is 7.89. The summed E-state index contributed by atoms with van der Waals surface area (Å²) in [5.74, 6) is 2.01. The van der Waals surface area contributed by atoms with Crippen molar-refractivity contribution >= 4 is 21.6 Å². The Kier molecular flexibility index (Phi) is 10.8. The maximum Gasteiger partial charge on any atom is 0.273 e. The highest BCUT2D eigenvalue weighted by Crippen LogP contribution is 2.38. The van der Waals surface area contributed by atoms with Crippen molar-refractivity contribution < 1.29 is 13.2 Å². The standard InChI is InChI=1S/C45H51N11O3S2/c1-27(55-21-18-42(53-55)60-44-47-39(49-51-44)25-37-33-10-4-7-29(33)15-16-36(37)32-17-20-46-41(24-32)59-3)13-14-28(2)56-22-19-43(54-56)61(57,58)45-48-40(50-52-45)26-38-34-11-5-8-30(34)23-31-9-6-12-35(31)38/h15-24,27-28,42,53H,4-14,25-26H2,1-3H3,(H,47,49,51)(H,48,50,52). The van der Waals surface area contributed by atoms with Gasteiger partial charge in [0.1, 0.15) is 11.6 Å². The zero-order chi connectivity index (χ0) is 41.7. The molecule has 316 valence electrons. The number of thioether (sulfide) groups is 1. The van der Waals surface area contributed by atoms with Crippen LogP contribution in [0.4, 0.5) is 0 Å². The Balaban J connectivity index is 0.731. The third-order valence-corrected chi connectivity index (χ3v) is 15.3. The minimum atomic E-state index is -3.99. The lowest BCUT2D eigenvalue weighted by Gasteiger charge is -2.27. The van der Waals surface area contributed by atoms with Crippen LogP contribution in [0.3, 0.4) is 0 Å². The lowest BCUT2D eigenvalue weighted by atomic mass is 9.91. The second kappa shape index (κ2) is 16.5. The highest BCUT2D eigenvalue weighted by atomic mass is 32.2. The van der Waals surface area contributed by atoms with Crippen LogP contribution in [0.15, 0.2) is 76.4 Å². The van der Waals surface area contributed by atoms with Gasteiger partial charge in [0.15, 0.2) is 5.03 Å². The molecular weight excluding hydrogens is 807 g/mol. The van der Waals surface area contributed by atoms with Crippen LogP contribution in [0.25, 0.3) is 11.1 Å². The highest BCUT2D eigenvalue weighted by molar-refractivity contribution is 7.99. The molecule has 61 heavy (non-hydrogen) atoms. The van der Waals surface area contributed by atoms with Crippen molar-refractivity contribution in [3.05, 3.63) is 117 Å². The van der Waals surface area contributed by atoms with E-state index in [1.54, 1.807) is 42.0 Å². The number of methoxy groups -OCH3 is 1. The van der Waals surface area contributed by atoms with Gasteiger partial charge in [0, 0.05) is 49.6 Å². The molecule has 5 heterocycles. The average Bonchev–Trinajstić information content (AvgIpc) is 4.12. The SMILES string of the molecule is COc1cc(-c2ccc3c(c2Cc2nc(SC4C=CN(C(C)CCC(C)n5ccc(S(=O)(=O)c6n[nH]c(Cc7c8c(cc9c7CCC9)CCC8)n6)n5)N4)n[nH]2)CCC3)ccn1. The van der Waals surface area contributed by atoms with Crippen molar-refractivity contribution in [1.29, 1.82) is 0 Å². The van der Waals surface area contributed by atoms with Crippen LogP contribution >= 0.6 is 11.8 Å². The van der Waals surface area contributed by atoms with Gasteiger partial charge in [-0.25, -0.2) is 28.8 Å². The number of hydrogen-bond donors (Lipinski definition) is 3. The van der Waals surface area contributed by atoms with E-state index < -0.39 is 9.84 Å². The second-order valence-corrected chi connectivity index (χ2v) is 19.7. The van der Waals surface area contributed by atoms with Gasteiger partial charge >= 0.3 is 0 Å². The first-order valence-corrected chi connectivity index (χ1v) is 23.9. The Bertz CT molecular complexity index is 2710. The van der Waals surface area contributed by atoms with Crippen molar-refractivity contribution in [3.63, 3.8) is 0 Å². The summed E-state index contributed by atoms with van der Waals surface area (Å²) in [6.45, 7) is 4.24. The molecule has 10 rings (SSSR count). The van der Waals surface area contributed by atoms with Gasteiger partial charge in [-0.15, -0.1) is 10.2 Å². The van der Waals surface area contributed by atoms with E-state index in [-0.39, 0.29) is 27.6 Å². The molecule has 4 aliphatic rings. The topological polar surface area (TPSA) is 172 Å². The minimum absolute atomic E-state index is 0.0197. The van der Waals surface area contributed by atoms with E-state index in [1.807, 2.05) is 12.1 Å². The van der Waals surface area contributed by atoms with Crippen molar-refractivity contribution in [2.24, 2.45) is 0 Å². The molecule has 3 aliphatic carbocycles. The summed E-state index contributed by atoms with van der Waals surface area (Å²) in [7, 11) is -2.35. The number of H-pyrrole nitrogens is 2. The number of hydrazine groups is 1. The molecule has 16 heteroatoms. The van der Waals surface area contributed by atoms with Crippen LogP contribution in [0.2, 0.25) is 0 Å². The first kappa shape index (κ1) is 39.8. The van der Waals surface area contributed by atoms with Crippen molar-refractivity contribution in [2.75, 3.05) is 7.11 Å². The molecule has 0 bridgehead atoms. The quantitative estimate of drug-likeness (QED) is 0.0983. The first-order valence-electron chi connectivity index (χ1n) is 21.5. The van der Waals surface area contributed by atoms with E-state index in [0.717, 1.165) is 69.2 Å². The Morgan fingerprint density at radius 3 is 2.31 bits per heavy atom. The molecule has 1 aliphatic heterocycles. The molecule has 0 radical (unpaired) electrons. The molecule has 0 amide bonds. The van der Waals surface area contributed by atoms with E-state index in [1.165, 1.54) is 62.9 Å². The Morgan fingerprint density at radius 2 is 1.52 bits per heavy atom. The summed E-state index contributed by atoms with van der Waals surface area (Å²) in [6, 6.07) is 12.6. The van der Waals surface area contributed by atoms with Gasteiger partial charge < -0.3 is 9.75 Å². The van der Waals surface area contributed by atoms with Crippen LogP contribution in [-0.4, -0.2) is 77.1 Å². The molecular formula is C45H51N11O3S2. The van der Waals surface area contributed by atoms with Gasteiger partial charge in [-0.05, 0) is 158 Å². The largest absolute Gasteiger partial charge is 0.481 e. The van der Waals surface area contributed by atoms with Gasteiger partial charge in [-0.2, -0.15) is 5.10 Å². The fourth-order valence-electron chi connectivity index (χ4n) is 9.69. The van der Waals surface area contributed by atoms with Crippen LogP contribution < -0.4 is 10.2 Å². The zero-order valence-corrected chi connectivity index (χ0v) is 36.4. The van der Waals surface area contributed by atoms with Gasteiger partial charge in [0.05, 0.1) is 12.5 Å². The number of fused-ring (bicyclic) bond motifs is 3. The van der Waals surface area contributed by atoms with Crippen LogP contribution in [0, 0.1) is 0 Å². The van der Waals surface area contributed by atoms with Crippen molar-refractivity contribution in [3.8, 4) is 17.0 Å². The number of aryl methyl sites for hydroxylation is 3. The van der Waals surface area contributed by atoms with Crippen LogP contribution in [0.5, 0.6) is 5.88 Å². The lowest BCUT2D eigenvalue weighted by Crippen LogP contribution is -2.40. The fourth-order valence-corrected chi connectivity index (χ4v) is 11.5. The maximum absolute atomic E-state index is 13.7. The van der Waals surface area contributed by atoms with Crippen molar-refractivity contribution in [2.45, 2.75) is 130 Å². The zero-order valence-electron chi connectivity index (χ0n) is 34.8. The number of benzene rings is 2. The summed E-state index contributed by atoms with van der Waals surface area (Å²) < 4.78 is 34.5. The van der Waals surface area contributed by atoms with Crippen LogP contribution in [0.1, 0.15) is 108 Å². The molecule has 4 aromatic heterocycles. The van der Waals surface area contributed by atoms with Gasteiger partial charge in [-0.3, -0.25) is 14.9 Å². The summed E-state index contributed by atoms with van der Waals surface area (Å²) >= 11 is 1.57. The Morgan fingerprint density at radius 1 is 0.820 bits per heavy atom.